The van der Waals surface area contributed by atoms with Gasteiger partial charge in [-0.25, -0.2) is 0 Å². The Morgan fingerprint density at radius 3 is 2.74 bits per heavy atom. The average Bonchev–Trinajstić information content (AvgIpc) is 2.40. The second-order valence-electron chi connectivity index (χ2n) is 5.33. The molecule has 1 aliphatic rings. The fourth-order valence-corrected chi connectivity index (χ4v) is 3.97. The molecule has 1 aromatic rings. The van der Waals surface area contributed by atoms with Crippen LogP contribution in [0.1, 0.15) is 22.7 Å². The predicted molar refractivity (Wildman–Crippen MR) is 83.1 cm³/mol. The lowest BCUT2D eigenvalue weighted by Gasteiger charge is -2.36. The molecule has 2 atom stereocenters. The fourth-order valence-electron chi connectivity index (χ4n) is 2.68. The number of rotatable bonds is 3. The summed E-state index contributed by atoms with van der Waals surface area (Å²) in [6, 6.07) is 4.78. The van der Waals surface area contributed by atoms with Gasteiger partial charge in [-0.1, -0.05) is 6.07 Å². The molecule has 0 aromatic heterocycles. The highest BCUT2D eigenvalue weighted by Crippen LogP contribution is 2.30. The first-order chi connectivity index (χ1) is 9.04. The van der Waals surface area contributed by atoms with Crippen molar-refractivity contribution in [3.8, 4) is 5.75 Å². The van der Waals surface area contributed by atoms with Gasteiger partial charge in [0.25, 0.3) is 0 Å². The molecule has 0 saturated carbocycles. The Bertz CT molecular complexity index is 450. The lowest BCUT2D eigenvalue weighted by atomic mass is 9.94. The zero-order valence-electron chi connectivity index (χ0n) is 12.3. The normalized spacial score (nSPS) is 22.3. The van der Waals surface area contributed by atoms with Gasteiger partial charge in [0.15, 0.2) is 0 Å². The van der Waals surface area contributed by atoms with Crippen molar-refractivity contribution in [3.63, 3.8) is 0 Å². The van der Waals surface area contributed by atoms with Crippen molar-refractivity contribution >= 4 is 11.8 Å². The van der Waals surface area contributed by atoms with Gasteiger partial charge in [0.2, 0.25) is 0 Å². The van der Waals surface area contributed by atoms with Crippen LogP contribution >= 0.6 is 11.8 Å². The van der Waals surface area contributed by atoms with Gasteiger partial charge in [-0.15, -0.1) is 0 Å². The summed E-state index contributed by atoms with van der Waals surface area (Å²) in [5, 5.41) is 0. The van der Waals surface area contributed by atoms with E-state index in [0.29, 0.717) is 6.04 Å². The van der Waals surface area contributed by atoms with E-state index in [1.54, 1.807) is 7.11 Å². The number of ether oxygens (including phenoxy) is 1. The molecule has 2 N–H and O–H groups in total. The summed E-state index contributed by atoms with van der Waals surface area (Å²) in [6.07, 6.45) is 0. The van der Waals surface area contributed by atoms with Crippen molar-refractivity contribution in [1.29, 1.82) is 0 Å². The van der Waals surface area contributed by atoms with Crippen LogP contribution in [0.2, 0.25) is 0 Å². The average molecular weight is 280 g/mol. The molecule has 19 heavy (non-hydrogen) atoms. The predicted octanol–water partition coefficient (Wildman–Crippen LogP) is 2.36. The molecule has 0 radical (unpaired) electrons. The number of nitrogens with two attached hydrogens (primary N) is 1. The highest BCUT2D eigenvalue weighted by Gasteiger charge is 2.27. The molecule has 3 nitrogen and oxygen atoms in total. The molecule has 106 valence electrons. The minimum Gasteiger partial charge on any atom is -0.496 e. The minimum absolute atomic E-state index is 0.0717. The monoisotopic (exact) mass is 280 g/mol. The van der Waals surface area contributed by atoms with Crippen LogP contribution in [0.5, 0.6) is 5.75 Å². The molecule has 1 saturated heterocycles. The van der Waals surface area contributed by atoms with Crippen LogP contribution in [0.25, 0.3) is 0 Å². The molecule has 1 fully saturated rings. The van der Waals surface area contributed by atoms with Gasteiger partial charge in [0.05, 0.1) is 7.11 Å². The molecule has 1 aromatic carbocycles. The van der Waals surface area contributed by atoms with Crippen LogP contribution in [-0.4, -0.2) is 43.1 Å². The Morgan fingerprint density at radius 2 is 2.11 bits per heavy atom. The minimum atomic E-state index is 0.0717. The van der Waals surface area contributed by atoms with Crippen LogP contribution in [0.3, 0.4) is 0 Å². The number of nitrogens with zero attached hydrogens (tertiary/aromatic N) is 1. The van der Waals surface area contributed by atoms with Crippen LogP contribution in [0, 0.1) is 13.8 Å². The van der Waals surface area contributed by atoms with E-state index in [1.165, 1.54) is 16.9 Å². The maximum absolute atomic E-state index is 6.53. The van der Waals surface area contributed by atoms with Crippen LogP contribution in [-0.2, 0) is 0 Å². The Morgan fingerprint density at radius 1 is 1.37 bits per heavy atom. The summed E-state index contributed by atoms with van der Waals surface area (Å²) in [5.74, 6) is 3.27. The Kier molecular flexibility index (Phi) is 4.76. The summed E-state index contributed by atoms with van der Waals surface area (Å²) in [4.78, 5) is 2.39. The maximum atomic E-state index is 6.53. The number of hydrogen-bond donors (Lipinski definition) is 1. The van der Waals surface area contributed by atoms with Crippen LogP contribution in [0.4, 0.5) is 0 Å². The Hall–Kier alpha value is -0.710. The first-order valence-corrected chi connectivity index (χ1v) is 7.88. The maximum Gasteiger partial charge on any atom is 0.122 e. The molecule has 0 aliphatic carbocycles. The van der Waals surface area contributed by atoms with Crippen molar-refractivity contribution in [2.24, 2.45) is 5.73 Å². The third kappa shape index (κ3) is 3.07. The lowest BCUT2D eigenvalue weighted by Crippen LogP contribution is -2.46. The molecule has 1 heterocycles. The topological polar surface area (TPSA) is 38.5 Å². The number of likely N-dealkylation sites (N-methyl/N-ethyl adjacent to an activating group) is 1. The second kappa shape index (κ2) is 6.16. The smallest absolute Gasteiger partial charge is 0.122 e. The zero-order valence-corrected chi connectivity index (χ0v) is 13.1. The largest absolute Gasteiger partial charge is 0.496 e. The number of thioether (sulfide) groups is 1. The van der Waals surface area contributed by atoms with Gasteiger partial charge < -0.3 is 10.5 Å². The molecule has 4 heteroatoms. The van der Waals surface area contributed by atoms with Crippen molar-refractivity contribution in [3.05, 3.63) is 28.8 Å². The van der Waals surface area contributed by atoms with Gasteiger partial charge in [-0.2, -0.15) is 11.8 Å². The number of benzene rings is 1. The third-order valence-corrected chi connectivity index (χ3v) is 5.05. The van der Waals surface area contributed by atoms with E-state index < -0.39 is 0 Å². The summed E-state index contributed by atoms with van der Waals surface area (Å²) in [7, 11) is 3.89. The van der Waals surface area contributed by atoms with Crippen molar-refractivity contribution < 1.29 is 4.74 Å². The number of hydrogen-bond acceptors (Lipinski definition) is 4. The van der Waals surface area contributed by atoms with E-state index >= 15 is 0 Å². The molecule has 0 spiro atoms. The van der Waals surface area contributed by atoms with Crippen LogP contribution in [0.15, 0.2) is 12.1 Å². The Balaban J connectivity index is 2.27. The number of aryl methyl sites for hydroxylation is 2. The van der Waals surface area contributed by atoms with Crippen molar-refractivity contribution in [2.75, 3.05) is 32.2 Å². The van der Waals surface area contributed by atoms with E-state index in [4.69, 9.17) is 10.5 Å². The van der Waals surface area contributed by atoms with E-state index in [-0.39, 0.29) is 6.04 Å². The molecular formula is C15H24N2OS. The first kappa shape index (κ1) is 14.7. The van der Waals surface area contributed by atoms with E-state index in [2.05, 4.69) is 37.9 Å². The summed E-state index contributed by atoms with van der Waals surface area (Å²) >= 11 is 2.00. The molecule has 2 rings (SSSR count). The van der Waals surface area contributed by atoms with E-state index in [1.807, 2.05) is 11.8 Å². The summed E-state index contributed by atoms with van der Waals surface area (Å²) in [6.45, 7) is 5.32. The van der Waals surface area contributed by atoms with E-state index in [9.17, 15) is 0 Å². The molecule has 0 bridgehead atoms. The van der Waals surface area contributed by atoms with Gasteiger partial charge in [-0.3, -0.25) is 4.90 Å². The van der Waals surface area contributed by atoms with Gasteiger partial charge in [0, 0.05) is 30.1 Å². The van der Waals surface area contributed by atoms with Crippen molar-refractivity contribution in [1.82, 2.24) is 4.90 Å². The van der Waals surface area contributed by atoms with Gasteiger partial charge in [0.1, 0.15) is 5.75 Å². The standard InChI is InChI=1S/C15H24N2OS/c1-10-8-14(18-4)11(2)7-12(10)15(16)13-9-19-6-5-17(13)3/h7-8,13,15H,5-6,9,16H2,1-4H3. The molecule has 1 aliphatic heterocycles. The van der Waals surface area contributed by atoms with Gasteiger partial charge >= 0.3 is 0 Å². The zero-order chi connectivity index (χ0) is 14.0. The molecule has 0 amide bonds. The molecule has 2 unspecified atom stereocenters. The lowest BCUT2D eigenvalue weighted by molar-refractivity contribution is 0.237. The Labute approximate surface area is 120 Å². The first-order valence-electron chi connectivity index (χ1n) is 6.73. The summed E-state index contributed by atoms with van der Waals surface area (Å²) < 4.78 is 5.37. The molecular weight excluding hydrogens is 256 g/mol. The van der Waals surface area contributed by atoms with Crippen molar-refractivity contribution in [2.45, 2.75) is 25.9 Å². The SMILES string of the molecule is COc1cc(C)c(C(N)C2CSCCN2C)cc1C. The van der Waals surface area contributed by atoms with Gasteiger partial charge in [-0.05, 0) is 43.7 Å². The van der Waals surface area contributed by atoms with E-state index in [0.717, 1.165) is 23.6 Å². The second-order valence-corrected chi connectivity index (χ2v) is 6.48. The quantitative estimate of drug-likeness (QED) is 0.922. The summed E-state index contributed by atoms with van der Waals surface area (Å²) in [5.41, 5.74) is 10.2. The highest BCUT2D eigenvalue weighted by molar-refractivity contribution is 7.99. The van der Waals surface area contributed by atoms with Crippen LogP contribution < -0.4 is 10.5 Å². The highest BCUT2D eigenvalue weighted by atomic mass is 32.2. The number of methoxy groups -OCH3 is 1. The third-order valence-electron chi connectivity index (χ3n) is 4.00. The fraction of sp³-hybridized carbons (Fsp3) is 0.600.